The fourth-order valence-corrected chi connectivity index (χ4v) is 3.05. The van der Waals surface area contributed by atoms with Gasteiger partial charge in [0.05, 0.1) is 12.2 Å². The summed E-state index contributed by atoms with van der Waals surface area (Å²) in [5.41, 5.74) is 2.09. The number of aromatic nitrogens is 1. The minimum Gasteiger partial charge on any atom is -0.486 e. The first kappa shape index (κ1) is 19.4. The van der Waals surface area contributed by atoms with Crippen LogP contribution in [0.1, 0.15) is 36.5 Å². The number of aryl methyl sites for hydroxylation is 1. The van der Waals surface area contributed by atoms with Crippen LogP contribution in [0.5, 0.6) is 5.75 Å². The van der Waals surface area contributed by atoms with Gasteiger partial charge in [-0.15, -0.1) is 11.3 Å². The van der Waals surface area contributed by atoms with E-state index in [2.05, 4.69) is 11.9 Å². The average Bonchev–Trinajstić information content (AvgIpc) is 3.06. The van der Waals surface area contributed by atoms with Crippen LogP contribution in [0.15, 0.2) is 29.6 Å². The second-order valence-electron chi connectivity index (χ2n) is 6.05. The molecule has 25 heavy (non-hydrogen) atoms. The van der Waals surface area contributed by atoms with Crippen molar-refractivity contribution >= 4 is 17.2 Å². The van der Waals surface area contributed by atoms with Crippen LogP contribution in [-0.2, 0) is 22.7 Å². The van der Waals surface area contributed by atoms with Gasteiger partial charge < -0.3 is 14.4 Å². The first-order valence-corrected chi connectivity index (χ1v) is 9.32. The Bertz CT molecular complexity index is 670. The molecule has 6 heteroatoms. The summed E-state index contributed by atoms with van der Waals surface area (Å²) in [6.45, 7) is 7.19. The molecule has 0 radical (unpaired) electrons. The number of rotatable bonds is 9. The number of benzene rings is 1. The number of thiazole rings is 1. The lowest BCUT2D eigenvalue weighted by molar-refractivity contribution is -0.138. The smallest absolute Gasteiger partial charge is 0.249 e. The van der Waals surface area contributed by atoms with Crippen molar-refractivity contribution in [3.8, 4) is 5.75 Å². The maximum atomic E-state index is 12.2. The highest BCUT2D eigenvalue weighted by Gasteiger charge is 2.20. The van der Waals surface area contributed by atoms with Crippen molar-refractivity contribution in [2.45, 2.75) is 46.4 Å². The fraction of sp³-hybridized carbons (Fsp3) is 0.474. The van der Waals surface area contributed by atoms with E-state index in [1.807, 2.05) is 48.4 Å². The molecule has 0 saturated carbocycles. The SMILES string of the molecule is CC[C@H](C)N(Cc1csc(COc2ccc(C)cc2)n1)C(=O)COC. The van der Waals surface area contributed by atoms with Gasteiger partial charge in [-0.25, -0.2) is 4.98 Å². The quantitative estimate of drug-likeness (QED) is 0.681. The van der Waals surface area contributed by atoms with Crippen LogP contribution in [0.3, 0.4) is 0 Å². The van der Waals surface area contributed by atoms with Crippen molar-refractivity contribution in [3.05, 3.63) is 45.9 Å². The van der Waals surface area contributed by atoms with Gasteiger partial charge >= 0.3 is 0 Å². The van der Waals surface area contributed by atoms with E-state index in [1.54, 1.807) is 11.3 Å². The van der Waals surface area contributed by atoms with E-state index in [0.29, 0.717) is 13.2 Å². The molecule has 0 aliphatic rings. The van der Waals surface area contributed by atoms with Crippen molar-refractivity contribution in [2.75, 3.05) is 13.7 Å². The van der Waals surface area contributed by atoms with Gasteiger partial charge in [0.2, 0.25) is 5.91 Å². The molecule has 0 spiro atoms. The zero-order chi connectivity index (χ0) is 18.2. The third-order valence-electron chi connectivity index (χ3n) is 4.03. The second kappa shape index (κ2) is 9.53. The first-order chi connectivity index (χ1) is 12.0. The molecule has 0 unspecified atom stereocenters. The average molecular weight is 362 g/mol. The van der Waals surface area contributed by atoms with Crippen molar-refractivity contribution in [3.63, 3.8) is 0 Å². The highest BCUT2D eigenvalue weighted by molar-refractivity contribution is 7.09. The van der Waals surface area contributed by atoms with Crippen LogP contribution < -0.4 is 4.74 Å². The normalized spacial score (nSPS) is 12.0. The van der Waals surface area contributed by atoms with Crippen LogP contribution in [0.4, 0.5) is 0 Å². The lowest BCUT2D eigenvalue weighted by Gasteiger charge is -2.27. The molecule has 2 aromatic rings. The lowest BCUT2D eigenvalue weighted by atomic mass is 10.2. The van der Waals surface area contributed by atoms with E-state index >= 15 is 0 Å². The van der Waals surface area contributed by atoms with Crippen LogP contribution in [-0.4, -0.2) is 35.5 Å². The summed E-state index contributed by atoms with van der Waals surface area (Å²) in [6.07, 6.45) is 0.892. The third kappa shape index (κ3) is 5.83. The molecule has 0 fully saturated rings. The van der Waals surface area contributed by atoms with Crippen molar-refractivity contribution < 1.29 is 14.3 Å². The molecule has 0 bridgehead atoms. The van der Waals surface area contributed by atoms with Crippen molar-refractivity contribution in [1.29, 1.82) is 0 Å². The summed E-state index contributed by atoms with van der Waals surface area (Å²) >= 11 is 1.55. The molecular formula is C19H26N2O3S. The Labute approximate surface area is 153 Å². The molecular weight excluding hydrogens is 336 g/mol. The van der Waals surface area contributed by atoms with Gasteiger partial charge in [-0.3, -0.25) is 4.79 Å². The predicted octanol–water partition coefficient (Wildman–Crippen LogP) is 3.80. The topological polar surface area (TPSA) is 51.7 Å². The summed E-state index contributed by atoms with van der Waals surface area (Å²) in [7, 11) is 1.54. The molecule has 0 saturated heterocycles. The summed E-state index contributed by atoms with van der Waals surface area (Å²) in [6, 6.07) is 8.11. The van der Waals surface area contributed by atoms with Crippen LogP contribution in [0.25, 0.3) is 0 Å². The number of methoxy groups -OCH3 is 1. The molecule has 0 aliphatic heterocycles. The van der Waals surface area contributed by atoms with Crippen LogP contribution in [0.2, 0.25) is 0 Å². The Kier molecular flexibility index (Phi) is 7.40. The van der Waals surface area contributed by atoms with Gasteiger partial charge in [-0.1, -0.05) is 24.6 Å². The van der Waals surface area contributed by atoms with E-state index in [9.17, 15) is 4.79 Å². The number of carbonyl (C=O) groups excluding carboxylic acids is 1. The number of amides is 1. The Morgan fingerprint density at radius 3 is 2.68 bits per heavy atom. The monoisotopic (exact) mass is 362 g/mol. The fourth-order valence-electron chi connectivity index (χ4n) is 2.36. The van der Waals surface area contributed by atoms with Gasteiger partial charge in [-0.2, -0.15) is 0 Å². The minimum absolute atomic E-state index is 0.0118. The van der Waals surface area contributed by atoms with Gasteiger partial charge in [-0.05, 0) is 32.4 Å². The van der Waals surface area contributed by atoms with Gasteiger partial charge in [0.1, 0.15) is 24.0 Å². The number of hydrogen-bond donors (Lipinski definition) is 0. The zero-order valence-electron chi connectivity index (χ0n) is 15.3. The number of hydrogen-bond acceptors (Lipinski definition) is 5. The molecule has 0 N–H and O–H groups in total. The molecule has 0 aliphatic carbocycles. The summed E-state index contributed by atoms with van der Waals surface area (Å²) < 4.78 is 10.8. The largest absolute Gasteiger partial charge is 0.486 e. The first-order valence-electron chi connectivity index (χ1n) is 8.44. The number of ether oxygens (including phenoxy) is 2. The standard InChI is InChI=1S/C19H26N2O3S/c1-5-15(3)21(19(22)12-23-4)10-16-13-25-18(20-16)11-24-17-8-6-14(2)7-9-17/h6-9,13,15H,5,10-12H2,1-4H3/t15-/m0/s1. The number of nitrogens with zero attached hydrogens (tertiary/aromatic N) is 2. The highest BCUT2D eigenvalue weighted by Crippen LogP contribution is 2.18. The van der Waals surface area contributed by atoms with Crippen molar-refractivity contribution in [1.82, 2.24) is 9.88 Å². The summed E-state index contributed by atoms with van der Waals surface area (Å²) in [5.74, 6) is 0.821. The summed E-state index contributed by atoms with van der Waals surface area (Å²) in [5, 5.41) is 2.89. The summed E-state index contributed by atoms with van der Waals surface area (Å²) in [4.78, 5) is 18.7. The lowest BCUT2D eigenvalue weighted by Crippen LogP contribution is -2.39. The maximum Gasteiger partial charge on any atom is 0.249 e. The maximum absolute atomic E-state index is 12.2. The Balaban J connectivity index is 1.96. The predicted molar refractivity (Wildman–Crippen MR) is 99.8 cm³/mol. The van der Waals surface area contributed by atoms with Gasteiger partial charge in [0, 0.05) is 18.5 Å². The minimum atomic E-state index is -0.0118. The molecule has 1 amide bonds. The molecule has 5 nitrogen and oxygen atoms in total. The molecule has 1 atom stereocenters. The number of carbonyl (C=O) groups is 1. The zero-order valence-corrected chi connectivity index (χ0v) is 16.1. The Morgan fingerprint density at radius 2 is 2.04 bits per heavy atom. The van der Waals surface area contributed by atoms with Crippen LogP contribution >= 0.6 is 11.3 Å². The van der Waals surface area contributed by atoms with E-state index in [1.165, 1.54) is 12.7 Å². The van der Waals surface area contributed by atoms with Crippen LogP contribution in [0, 0.1) is 6.92 Å². The molecule has 2 rings (SSSR count). The Hall–Kier alpha value is -1.92. The molecule has 1 heterocycles. The molecule has 1 aromatic carbocycles. The Morgan fingerprint density at radius 1 is 1.32 bits per heavy atom. The van der Waals surface area contributed by atoms with Crippen molar-refractivity contribution in [2.24, 2.45) is 0 Å². The van der Waals surface area contributed by atoms with E-state index in [4.69, 9.17) is 9.47 Å². The van der Waals surface area contributed by atoms with E-state index < -0.39 is 0 Å². The second-order valence-corrected chi connectivity index (χ2v) is 6.99. The highest BCUT2D eigenvalue weighted by atomic mass is 32.1. The van der Waals surface area contributed by atoms with E-state index in [-0.39, 0.29) is 18.6 Å². The molecule has 1 aromatic heterocycles. The van der Waals surface area contributed by atoms with Gasteiger partial charge in [0.25, 0.3) is 0 Å². The molecule has 136 valence electrons. The third-order valence-corrected chi connectivity index (χ3v) is 4.90. The van der Waals surface area contributed by atoms with Gasteiger partial charge in [0.15, 0.2) is 0 Å². The van der Waals surface area contributed by atoms with E-state index in [0.717, 1.165) is 22.9 Å².